The lowest BCUT2D eigenvalue weighted by Gasteiger charge is -2.14. The van der Waals surface area contributed by atoms with Crippen molar-refractivity contribution in [2.24, 2.45) is 5.92 Å². The molecule has 1 heterocycles. The number of nitro groups is 1. The maximum absolute atomic E-state index is 12.6. The van der Waals surface area contributed by atoms with Crippen molar-refractivity contribution in [2.45, 2.75) is 38.5 Å². The Kier molecular flexibility index (Phi) is 7.26. The number of carbonyl (C=O) groups excluding carboxylic acids is 1. The van der Waals surface area contributed by atoms with Crippen molar-refractivity contribution in [3.63, 3.8) is 0 Å². The summed E-state index contributed by atoms with van der Waals surface area (Å²) in [5.74, 6) is 1.00. The zero-order valence-corrected chi connectivity index (χ0v) is 20.4. The third-order valence-corrected chi connectivity index (χ3v) is 6.79. The number of aromatic amines is 1. The third-order valence-electron chi connectivity index (χ3n) is 6.79. The van der Waals surface area contributed by atoms with E-state index in [1.807, 2.05) is 48.5 Å². The number of anilines is 3. The number of rotatable bonds is 7. The van der Waals surface area contributed by atoms with Crippen molar-refractivity contribution in [1.82, 2.24) is 9.97 Å². The Bertz CT molecular complexity index is 1350. The molecule has 0 bridgehead atoms. The van der Waals surface area contributed by atoms with Crippen LogP contribution in [0.5, 0.6) is 0 Å². The van der Waals surface area contributed by atoms with Crippen molar-refractivity contribution in [1.29, 1.82) is 0 Å². The number of H-pyrrole nitrogens is 1. The summed E-state index contributed by atoms with van der Waals surface area (Å²) in [7, 11) is 0. The van der Waals surface area contributed by atoms with Crippen molar-refractivity contribution in [2.75, 3.05) is 10.6 Å². The van der Waals surface area contributed by atoms with Crippen LogP contribution in [0.2, 0.25) is 0 Å². The van der Waals surface area contributed by atoms with Crippen molar-refractivity contribution in [3.8, 4) is 22.6 Å². The van der Waals surface area contributed by atoms with Crippen molar-refractivity contribution >= 4 is 28.7 Å². The fourth-order valence-electron chi connectivity index (χ4n) is 4.68. The minimum absolute atomic E-state index is 0.0590. The molecule has 1 aliphatic carbocycles. The summed E-state index contributed by atoms with van der Waals surface area (Å²) in [5, 5.41) is 17.1. The Labute approximate surface area is 215 Å². The molecule has 3 aromatic carbocycles. The van der Waals surface area contributed by atoms with Crippen LogP contribution in [0.15, 0.2) is 79.0 Å². The van der Waals surface area contributed by atoms with E-state index < -0.39 is 4.92 Å². The van der Waals surface area contributed by atoms with Crippen LogP contribution >= 0.6 is 0 Å². The van der Waals surface area contributed by atoms with E-state index in [0.29, 0.717) is 0 Å². The number of carbonyl (C=O) groups is 1. The smallest absolute Gasteiger partial charge is 0.269 e. The summed E-state index contributed by atoms with van der Waals surface area (Å²) in [4.78, 5) is 30.9. The molecular formula is C29H29N5O3. The highest BCUT2D eigenvalue weighted by Gasteiger charge is 2.20. The molecule has 3 N–H and O–H groups in total. The molecule has 1 aromatic heterocycles. The van der Waals surface area contributed by atoms with E-state index in [4.69, 9.17) is 0 Å². The van der Waals surface area contributed by atoms with Gasteiger partial charge in [-0.1, -0.05) is 37.8 Å². The van der Waals surface area contributed by atoms with Crippen LogP contribution in [0.4, 0.5) is 22.7 Å². The first kappa shape index (κ1) is 24.2. The zero-order valence-electron chi connectivity index (χ0n) is 20.4. The Hall–Kier alpha value is -4.46. The molecule has 0 unspecified atom stereocenters. The van der Waals surface area contributed by atoms with Crippen LogP contribution in [0.3, 0.4) is 0 Å². The summed E-state index contributed by atoms with van der Waals surface area (Å²) in [6.07, 6.45) is 8.50. The van der Waals surface area contributed by atoms with Gasteiger partial charge in [-0.25, -0.2) is 4.98 Å². The van der Waals surface area contributed by atoms with Gasteiger partial charge in [0, 0.05) is 40.7 Å². The van der Waals surface area contributed by atoms with E-state index in [2.05, 4.69) is 20.6 Å². The van der Waals surface area contributed by atoms with Gasteiger partial charge in [-0.3, -0.25) is 14.9 Å². The van der Waals surface area contributed by atoms with Gasteiger partial charge in [0.25, 0.3) is 5.69 Å². The summed E-state index contributed by atoms with van der Waals surface area (Å²) < 4.78 is 0. The van der Waals surface area contributed by atoms with Gasteiger partial charge in [0.2, 0.25) is 5.91 Å². The normalized spacial score (nSPS) is 14.1. The Morgan fingerprint density at radius 3 is 2.00 bits per heavy atom. The van der Waals surface area contributed by atoms with Crippen LogP contribution in [-0.4, -0.2) is 20.8 Å². The van der Waals surface area contributed by atoms with Gasteiger partial charge in [0.15, 0.2) is 0 Å². The first-order valence-electron chi connectivity index (χ1n) is 12.6. The monoisotopic (exact) mass is 495 g/mol. The number of hydrogen-bond acceptors (Lipinski definition) is 5. The Morgan fingerprint density at radius 1 is 0.811 bits per heavy atom. The van der Waals surface area contributed by atoms with E-state index >= 15 is 0 Å². The van der Waals surface area contributed by atoms with E-state index in [9.17, 15) is 14.9 Å². The molecule has 1 fully saturated rings. The molecule has 8 nitrogen and oxygen atoms in total. The molecule has 188 valence electrons. The number of amides is 1. The third kappa shape index (κ3) is 6.03. The van der Waals surface area contributed by atoms with Gasteiger partial charge in [-0.2, -0.15) is 0 Å². The largest absolute Gasteiger partial charge is 0.356 e. The highest BCUT2D eigenvalue weighted by atomic mass is 16.6. The maximum atomic E-state index is 12.6. The van der Waals surface area contributed by atoms with Crippen LogP contribution in [0.1, 0.15) is 38.5 Å². The number of nitrogens with one attached hydrogen (secondary N) is 3. The molecule has 0 saturated heterocycles. The number of non-ortho nitro benzene ring substituents is 1. The van der Waals surface area contributed by atoms with Gasteiger partial charge < -0.3 is 15.6 Å². The SMILES string of the molecule is O=C(Nc1ccc(-c2cnc(-c3ccc(Nc4ccc([N+](=O)[O-])cc4)cc3)[nH]2)cc1)C1CCCCCC1. The first-order chi connectivity index (χ1) is 18.0. The lowest BCUT2D eigenvalue weighted by atomic mass is 9.99. The number of hydrogen-bond donors (Lipinski definition) is 3. The topological polar surface area (TPSA) is 113 Å². The van der Waals surface area contributed by atoms with Gasteiger partial charge in [0.1, 0.15) is 5.82 Å². The summed E-state index contributed by atoms with van der Waals surface area (Å²) in [6, 6.07) is 21.9. The molecule has 8 heteroatoms. The van der Waals surface area contributed by atoms with Gasteiger partial charge >= 0.3 is 0 Å². The van der Waals surface area contributed by atoms with Gasteiger partial charge in [-0.05, 0) is 66.9 Å². The van der Waals surface area contributed by atoms with Gasteiger partial charge in [-0.15, -0.1) is 0 Å². The minimum atomic E-state index is -0.415. The fraction of sp³-hybridized carbons (Fsp3) is 0.241. The second kappa shape index (κ2) is 11.1. The van der Waals surface area contributed by atoms with E-state index in [-0.39, 0.29) is 17.5 Å². The van der Waals surface area contributed by atoms with E-state index in [1.165, 1.54) is 25.0 Å². The predicted molar refractivity (Wildman–Crippen MR) is 146 cm³/mol. The van der Waals surface area contributed by atoms with Crippen LogP contribution < -0.4 is 10.6 Å². The molecule has 0 aliphatic heterocycles. The van der Waals surface area contributed by atoms with Crippen LogP contribution in [-0.2, 0) is 4.79 Å². The minimum Gasteiger partial charge on any atom is -0.356 e. The molecule has 1 amide bonds. The highest BCUT2D eigenvalue weighted by molar-refractivity contribution is 5.92. The molecule has 0 spiro atoms. The Morgan fingerprint density at radius 2 is 1.38 bits per heavy atom. The summed E-state index contributed by atoms with van der Waals surface area (Å²) in [6.45, 7) is 0. The molecule has 4 aromatic rings. The molecule has 1 aliphatic rings. The Balaban J connectivity index is 1.21. The number of aromatic nitrogens is 2. The highest BCUT2D eigenvalue weighted by Crippen LogP contribution is 2.27. The molecule has 37 heavy (non-hydrogen) atoms. The van der Waals surface area contributed by atoms with E-state index in [1.54, 1.807) is 18.3 Å². The molecule has 1 saturated carbocycles. The average Bonchev–Trinajstić information content (AvgIpc) is 3.24. The summed E-state index contributed by atoms with van der Waals surface area (Å²) in [5.41, 5.74) is 5.33. The molecule has 5 rings (SSSR count). The number of benzene rings is 3. The number of nitro benzene ring substituents is 1. The maximum Gasteiger partial charge on any atom is 0.269 e. The van der Waals surface area contributed by atoms with Crippen LogP contribution in [0, 0.1) is 16.0 Å². The second-order valence-corrected chi connectivity index (χ2v) is 9.41. The number of imidazole rings is 1. The molecular weight excluding hydrogens is 466 g/mol. The standard InChI is InChI=1S/C29H29N5O3/c35-29(22-5-3-1-2-4-6-22)32-25-11-7-20(8-12-25)27-19-30-28(33-27)21-9-13-23(14-10-21)31-24-15-17-26(18-16-24)34(36)37/h7-19,22,31H,1-6H2,(H,30,33)(H,32,35). The van der Waals surface area contributed by atoms with Crippen molar-refractivity contribution < 1.29 is 9.72 Å². The lowest BCUT2D eigenvalue weighted by molar-refractivity contribution is -0.384. The second-order valence-electron chi connectivity index (χ2n) is 9.41. The lowest BCUT2D eigenvalue weighted by Crippen LogP contribution is -2.22. The van der Waals surface area contributed by atoms with E-state index in [0.717, 1.165) is 65.4 Å². The number of nitrogens with zero attached hydrogens (tertiary/aromatic N) is 2. The zero-order chi connectivity index (χ0) is 25.6. The summed E-state index contributed by atoms with van der Waals surface area (Å²) >= 11 is 0. The first-order valence-corrected chi connectivity index (χ1v) is 12.6. The fourth-order valence-corrected chi connectivity index (χ4v) is 4.68. The van der Waals surface area contributed by atoms with Gasteiger partial charge in [0.05, 0.1) is 16.8 Å². The quantitative estimate of drug-likeness (QED) is 0.141. The molecule has 0 radical (unpaired) electrons. The average molecular weight is 496 g/mol. The molecule has 0 atom stereocenters. The predicted octanol–water partition coefficient (Wildman–Crippen LogP) is 7.30. The van der Waals surface area contributed by atoms with Crippen LogP contribution in [0.25, 0.3) is 22.6 Å². The van der Waals surface area contributed by atoms with Crippen molar-refractivity contribution in [3.05, 3.63) is 89.1 Å².